The maximum Gasteiger partial charge on any atom is 0.270 e. The third kappa shape index (κ3) is 4.98. The third-order valence-electron chi connectivity index (χ3n) is 6.52. The first-order chi connectivity index (χ1) is 19.0. The van der Waals surface area contributed by atoms with Crippen LogP contribution < -0.4 is 16.4 Å². The lowest BCUT2D eigenvalue weighted by Crippen LogP contribution is -2.27. The molecule has 1 unspecified atom stereocenters. The number of fused-ring (bicyclic) bond motifs is 2. The van der Waals surface area contributed by atoms with Gasteiger partial charge in [0.2, 0.25) is 0 Å². The first kappa shape index (κ1) is 25.1. The van der Waals surface area contributed by atoms with Gasteiger partial charge in [0.1, 0.15) is 17.2 Å². The molecule has 0 saturated heterocycles. The Kier molecular flexibility index (Phi) is 6.76. The molecule has 0 bridgehead atoms. The Bertz CT molecular complexity index is 1690. The number of hydrogen-bond acceptors (Lipinski definition) is 7. The number of rotatable bonds is 7. The number of thiophene rings is 1. The average molecular weight is 559 g/mol. The van der Waals surface area contributed by atoms with Crippen molar-refractivity contribution in [3.8, 4) is 11.3 Å². The van der Waals surface area contributed by atoms with Gasteiger partial charge in [0, 0.05) is 40.7 Å². The fourth-order valence-electron chi connectivity index (χ4n) is 4.60. The van der Waals surface area contributed by atoms with E-state index in [0.717, 1.165) is 22.5 Å². The van der Waals surface area contributed by atoms with E-state index in [-0.39, 0.29) is 24.2 Å². The van der Waals surface area contributed by atoms with Crippen LogP contribution in [0, 0.1) is 5.82 Å². The van der Waals surface area contributed by atoms with Crippen LogP contribution in [0.15, 0.2) is 87.0 Å². The largest absolute Gasteiger partial charge is 0.378 e. The van der Waals surface area contributed by atoms with Crippen LogP contribution in [0.25, 0.3) is 16.9 Å². The number of nitrogens with two attached hydrogens (primary N) is 1. The summed E-state index contributed by atoms with van der Waals surface area (Å²) in [6, 6.07) is 11.6. The topological polar surface area (TPSA) is 114 Å². The van der Waals surface area contributed by atoms with E-state index in [2.05, 4.69) is 21.7 Å². The van der Waals surface area contributed by atoms with Crippen molar-refractivity contribution in [2.24, 2.45) is 10.7 Å². The predicted molar refractivity (Wildman–Crippen MR) is 152 cm³/mol. The molecule has 1 aliphatic carbocycles. The number of thioether (sulfide) groups is 1. The van der Waals surface area contributed by atoms with Crippen LogP contribution in [0.5, 0.6) is 0 Å². The number of amidine groups is 1. The molecule has 6 rings (SSSR count). The zero-order valence-corrected chi connectivity index (χ0v) is 22.2. The van der Waals surface area contributed by atoms with E-state index >= 15 is 0 Å². The molecule has 0 saturated carbocycles. The fraction of sp³-hybridized carbons (Fsp3) is 0.143. The molecule has 4 heterocycles. The van der Waals surface area contributed by atoms with Crippen molar-refractivity contribution >= 4 is 45.7 Å². The van der Waals surface area contributed by atoms with Crippen LogP contribution in [0.1, 0.15) is 32.8 Å². The molecule has 4 N–H and O–H groups in total. The first-order valence-corrected chi connectivity index (χ1v) is 14.0. The minimum atomic E-state index is -0.423. The van der Waals surface area contributed by atoms with Crippen LogP contribution in [0.2, 0.25) is 0 Å². The van der Waals surface area contributed by atoms with E-state index in [0.29, 0.717) is 34.2 Å². The van der Waals surface area contributed by atoms with E-state index in [1.165, 1.54) is 29.2 Å². The lowest BCUT2D eigenvalue weighted by molar-refractivity contribution is 0.0939. The van der Waals surface area contributed by atoms with Crippen molar-refractivity contribution in [2.45, 2.75) is 19.0 Å². The van der Waals surface area contributed by atoms with Crippen molar-refractivity contribution in [1.82, 2.24) is 20.0 Å². The van der Waals surface area contributed by atoms with Gasteiger partial charge in [-0.2, -0.15) is 11.3 Å². The number of benzene rings is 1. The Hall–Kier alpha value is -4.22. The summed E-state index contributed by atoms with van der Waals surface area (Å²) in [5.74, 6) is -1.12. The van der Waals surface area contributed by atoms with Crippen molar-refractivity contribution in [2.75, 3.05) is 6.54 Å². The van der Waals surface area contributed by atoms with Crippen LogP contribution in [-0.2, 0) is 6.54 Å². The van der Waals surface area contributed by atoms with E-state index in [1.807, 2.05) is 22.9 Å². The number of amides is 2. The van der Waals surface area contributed by atoms with Crippen LogP contribution in [0.3, 0.4) is 0 Å². The van der Waals surface area contributed by atoms with Crippen LogP contribution in [0.4, 0.5) is 4.39 Å². The molecule has 196 valence electrons. The number of carbonyl (C=O) groups excluding carboxylic acids is 2. The van der Waals surface area contributed by atoms with Gasteiger partial charge in [0.25, 0.3) is 11.8 Å². The van der Waals surface area contributed by atoms with E-state index < -0.39 is 11.7 Å². The van der Waals surface area contributed by atoms with E-state index in [9.17, 15) is 14.0 Å². The maximum atomic E-state index is 14.1. The summed E-state index contributed by atoms with van der Waals surface area (Å²) in [5, 5.41) is 10.1. The highest BCUT2D eigenvalue weighted by Gasteiger charge is 2.26. The number of halogens is 1. The molecule has 0 spiro atoms. The lowest BCUT2D eigenvalue weighted by Gasteiger charge is -2.15. The van der Waals surface area contributed by atoms with Crippen molar-refractivity contribution in [1.29, 1.82) is 0 Å². The highest BCUT2D eigenvalue weighted by molar-refractivity contribution is 8.17. The number of aromatic nitrogens is 2. The summed E-state index contributed by atoms with van der Waals surface area (Å²) in [4.78, 5) is 36.9. The number of imidazole rings is 1. The molecule has 0 fully saturated rings. The van der Waals surface area contributed by atoms with Gasteiger partial charge in [0.05, 0.1) is 11.6 Å². The number of aliphatic imine (C=N–C) groups is 1. The Balaban J connectivity index is 1.27. The first-order valence-electron chi connectivity index (χ1n) is 12.2. The minimum Gasteiger partial charge on any atom is -0.378 e. The molecule has 4 aromatic rings. The number of pyridine rings is 1. The Morgan fingerprint density at radius 2 is 1.95 bits per heavy atom. The summed E-state index contributed by atoms with van der Waals surface area (Å²) in [7, 11) is 0. The molecule has 1 aliphatic heterocycles. The quantitative estimate of drug-likeness (QED) is 0.309. The molecule has 39 heavy (non-hydrogen) atoms. The monoisotopic (exact) mass is 558 g/mol. The fourth-order valence-corrected chi connectivity index (χ4v) is 6.15. The van der Waals surface area contributed by atoms with Gasteiger partial charge in [0.15, 0.2) is 10.8 Å². The highest BCUT2D eigenvalue weighted by Crippen LogP contribution is 2.35. The molecule has 1 aromatic carbocycles. The molecule has 3 aromatic heterocycles. The Morgan fingerprint density at radius 1 is 1.10 bits per heavy atom. The maximum absolute atomic E-state index is 14.1. The lowest BCUT2D eigenvalue weighted by atomic mass is 10.0. The third-order valence-corrected chi connectivity index (χ3v) is 8.14. The van der Waals surface area contributed by atoms with Gasteiger partial charge >= 0.3 is 0 Å². The highest BCUT2D eigenvalue weighted by atomic mass is 32.2. The minimum absolute atomic E-state index is 0.0163. The molecular weight excluding hydrogens is 535 g/mol. The predicted octanol–water partition coefficient (Wildman–Crippen LogP) is 4.51. The number of carbonyl (C=O) groups is 2. The number of nitrogens with zero attached hydrogens (tertiary/aromatic N) is 3. The molecule has 0 radical (unpaired) electrons. The van der Waals surface area contributed by atoms with Gasteiger partial charge in [-0.25, -0.2) is 9.37 Å². The molecular formula is C28H23FN6O2S2. The Morgan fingerprint density at radius 3 is 2.77 bits per heavy atom. The summed E-state index contributed by atoms with van der Waals surface area (Å²) >= 11 is 2.94. The molecule has 2 aliphatic rings. The van der Waals surface area contributed by atoms with Gasteiger partial charge in [-0.05, 0) is 47.7 Å². The van der Waals surface area contributed by atoms with Gasteiger partial charge in [-0.1, -0.05) is 36.0 Å². The smallest absolute Gasteiger partial charge is 0.270 e. The van der Waals surface area contributed by atoms with E-state index in [4.69, 9.17) is 10.7 Å². The Labute approximate surface area is 231 Å². The van der Waals surface area contributed by atoms with Gasteiger partial charge in [-0.3, -0.25) is 19.0 Å². The zero-order valence-electron chi connectivity index (χ0n) is 20.6. The summed E-state index contributed by atoms with van der Waals surface area (Å²) < 4.78 is 15.7. The second-order valence-corrected chi connectivity index (χ2v) is 10.9. The van der Waals surface area contributed by atoms with Crippen molar-refractivity contribution in [3.63, 3.8) is 0 Å². The van der Waals surface area contributed by atoms with Gasteiger partial charge < -0.3 is 16.4 Å². The van der Waals surface area contributed by atoms with Crippen molar-refractivity contribution < 1.29 is 14.0 Å². The van der Waals surface area contributed by atoms with E-state index in [1.54, 1.807) is 40.9 Å². The molecule has 1 atom stereocenters. The molecule has 2 amide bonds. The molecule has 8 nitrogen and oxygen atoms in total. The second-order valence-electron chi connectivity index (χ2n) is 9.04. The molecule has 11 heteroatoms. The van der Waals surface area contributed by atoms with Crippen LogP contribution in [-0.4, -0.2) is 39.0 Å². The van der Waals surface area contributed by atoms with Crippen molar-refractivity contribution in [3.05, 3.63) is 105 Å². The normalized spacial score (nSPS) is 16.3. The SMILES string of the molecule is NC1=NC2CC=C(CNC(=O)c3cccn4c(C(=O)NCc5ccccc5F)c(-c5ccsc5)nc34)C=C2S1. The summed E-state index contributed by atoms with van der Waals surface area (Å²) in [5.41, 5.74) is 9.38. The van der Waals surface area contributed by atoms with Crippen LogP contribution >= 0.6 is 23.1 Å². The van der Waals surface area contributed by atoms with Gasteiger partial charge in [-0.15, -0.1) is 0 Å². The standard InChI is InChI=1S/C28H23FN6O2S2/c29-20-6-2-1-4-17(20)14-32-27(37)24-23(18-9-11-38-15-18)34-25-19(5-3-10-35(24)25)26(36)31-13-16-7-8-21-22(12-16)39-28(30)33-21/h1-7,9-12,15,21H,8,13-14H2,(H2,30,33)(H,31,36)(H,32,37). The zero-order chi connectivity index (χ0) is 26.9. The summed E-state index contributed by atoms with van der Waals surface area (Å²) in [6.45, 7) is 0.354. The number of hydrogen-bond donors (Lipinski definition) is 3. The summed E-state index contributed by atoms with van der Waals surface area (Å²) in [6.07, 6.45) is 6.52. The average Bonchev–Trinajstić information content (AvgIpc) is 3.68. The second kappa shape index (κ2) is 10.5. The number of nitrogens with one attached hydrogen (secondary N) is 2.